The monoisotopic (exact) mass is 224 g/mol. The Morgan fingerprint density at radius 3 is 2.67 bits per heavy atom. The molecule has 0 unspecified atom stereocenters. The largest absolute Gasteiger partial charge is 1.00 e. The number of terminal acetylenes is 2. The van der Waals surface area contributed by atoms with E-state index in [0.717, 1.165) is 0 Å². The van der Waals surface area contributed by atoms with Gasteiger partial charge in [-0.2, -0.15) is 0 Å². The Hall–Kier alpha value is -1.19. The molecule has 1 heterocycles. The van der Waals surface area contributed by atoms with Crippen LogP contribution in [-0.2, 0) is 13.1 Å². The first-order valence-electron chi connectivity index (χ1n) is 3.28. The lowest BCUT2D eigenvalue weighted by atomic mass is 10.6. The molecule has 0 aliphatic carbocycles. The summed E-state index contributed by atoms with van der Waals surface area (Å²) in [6, 6.07) is 0. The summed E-state index contributed by atoms with van der Waals surface area (Å²) < 4.78 is 3.80. The number of hydrogen-bond donors (Lipinski definition) is 0. The highest BCUT2D eigenvalue weighted by Gasteiger charge is 1.98. The van der Waals surface area contributed by atoms with Crippen molar-refractivity contribution in [1.82, 2.24) is 4.57 Å². The SMILES string of the molecule is C#CCn1cc[n+](CC#C)c1.[Br-]. The number of halogens is 1. The van der Waals surface area contributed by atoms with Crippen LogP contribution in [-0.4, -0.2) is 4.57 Å². The van der Waals surface area contributed by atoms with Crippen LogP contribution >= 0.6 is 0 Å². The summed E-state index contributed by atoms with van der Waals surface area (Å²) in [5.41, 5.74) is 0. The summed E-state index contributed by atoms with van der Waals surface area (Å²) in [5.74, 6) is 5.07. The first-order valence-corrected chi connectivity index (χ1v) is 3.28. The van der Waals surface area contributed by atoms with Crippen molar-refractivity contribution in [2.45, 2.75) is 13.1 Å². The van der Waals surface area contributed by atoms with Gasteiger partial charge in [-0.3, -0.25) is 0 Å². The fourth-order valence-electron chi connectivity index (χ4n) is 0.837. The summed E-state index contributed by atoms with van der Waals surface area (Å²) in [4.78, 5) is 0. The van der Waals surface area contributed by atoms with Crippen molar-refractivity contribution in [2.24, 2.45) is 0 Å². The zero-order valence-electron chi connectivity index (χ0n) is 6.57. The molecule has 0 aromatic carbocycles. The zero-order valence-corrected chi connectivity index (χ0v) is 8.16. The molecule has 12 heavy (non-hydrogen) atoms. The van der Waals surface area contributed by atoms with Gasteiger partial charge in [-0.05, 0) is 0 Å². The molecule has 0 radical (unpaired) electrons. The van der Waals surface area contributed by atoms with Crippen LogP contribution in [0, 0.1) is 24.7 Å². The number of imidazole rings is 1. The van der Waals surface area contributed by atoms with E-state index in [1.165, 1.54) is 0 Å². The van der Waals surface area contributed by atoms with E-state index in [0.29, 0.717) is 13.1 Å². The van der Waals surface area contributed by atoms with Crippen LogP contribution < -0.4 is 21.5 Å². The minimum absolute atomic E-state index is 0. The van der Waals surface area contributed by atoms with E-state index < -0.39 is 0 Å². The molecule has 0 spiro atoms. The summed E-state index contributed by atoms with van der Waals surface area (Å²) in [6.07, 6.45) is 15.9. The minimum Gasteiger partial charge on any atom is -1.00 e. The van der Waals surface area contributed by atoms with E-state index in [1.54, 1.807) is 0 Å². The Bertz CT molecular complexity index is 284. The average Bonchev–Trinajstić information content (AvgIpc) is 2.38. The summed E-state index contributed by atoms with van der Waals surface area (Å²) in [7, 11) is 0. The van der Waals surface area contributed by atoms with Crippen LogP contribution in [0.5, 0.6) is 0 Å². The predicted octanol–water partition coefficient (Wildman–Crippen LogP) is -2.95. The number of aromatic nitrogens is 2. The number of nitrogens with zero attached hydrogens (tertiary/aromatic N) is 2. The zero-order chi connectivity index (χ0) is 8.10. The quantitative estimate of drug-likeness (QED) is 0.376. The van der Waals surface area contributed by atoms with Gasteiger partial charge in [0.15, 0.2) is 13.1 Å². The van der Waals surface area contributed by atoms with E-state index in [2.05, 4.69) is 11.8 Å². The third-order valence-corrected chi connectivity index (χ3v) is 1.29. The van der Waals surface area contributed by atoms with Crippen molar-refractivity contribution in [2.75, 3.05) is 0 Å². The maximum atomic E-state index is 5.12. The number of rotatable bonds is 2. The van der Waals surface area contributed by atoms with E-state index in [9.17, 15) is 0 Å². The van der Waals surface area contributed by atoms with Crippen molar-refractivity contribution in [3.8, 4) is 24.7 Å². The topological polar surface area (TPSA) is 8.81 Å². The molecule has 0 amide bonds. The molecule has 0 fully saturated rings. The van der Waals surface area contributed by atoms with Gasteiger partial charge in [0.1, 0.15) is 12.4 Å². The predicted molar refractivity (Wildman–Crippen MR) is 42.3 cm³/mol. The Balaban J connectivity index is 0.00000121. The van der Waals surface area contributed by atoms with Gasteiger partial charge in [-0.25, -0.2) is 9.13 Å². The van der Waals surface area contributed by atoms with Crippen LogP contribution in [0.4, 0.5) is 0 Å². The maximum Gasteiger partial charge on any atom is 0.245 e. The highest BCUT2D eigenvalue weighted by atomic mass is 79.9. The first-order chi connectivity index (χ1) is 5.36. The fraction of sp³-hybridized carbons (Fsp3) is 0.222. The van der Waals surface area contributed by atoms with Gasteiger partial charge in [-0.15, -0.1) is 12.8 Å². The van der Waals surface area contributed by atoms with Gasteiger partial charge in [0.05, 0.1) is 0 Å². The van der Waals surface area contributed by atoms with Gasteiger partial charge >= 0.3 is 0 Å². The molecular formula is C9H9BrN2. The van der Waals surface area contributed by atoms with E-state index in [4.69, 9.17) is 12.8 Å². The highest BCUT2D eigenvalue weighted by molar-refractivity contribution is 4.86. The van der Waals surface area contributed by atoms with Crippen LogP contribution in [0.2, 0.25) is 0 Å². The van der Waals surface area contributed by atoms with Crippen molar-refractivity contribution in [1.29, 1.82) is 0 Å². The standard InChI is InChI=1S/C9H9N2.BrH/c1-3-5-10-7-8-11(9-10)6-4-2;/h1-2,7-9H,5-6H2;1H/q+1;/p-1. The molecule has 0 bridgehead atoms. The molecule has 1 rings (SSSR count). The van der Waals surface area contributed by atoms with E-state index in [1.807, 2.05) is 27.9 Å². The third kappa shape index (κ3) is 2.82. The number of hydrogen-bond acceptors (Lipinski definition) is 0. The molecule has 3 heteroatoms. The lowest BCUT2D eigenvalue weighted by molar-refractivity contribution is -0.684. The lowest BCUT2D eigenvalue weighted by Gasteiger charge is -1.84. The molecule has 1 aromatic heterocycles. The molecule has 0 atom stereocenters. The van der Waals surface area contributed by atoms with Crippen molar-refractivity contribution < 1.29 is 21.5 Å². The fourth-order valence-corrected chi connectivity index (χ4v) is 0.837. The third-order valence-electron chi connectivity index (χ3n) is 1.29. The van der Waals surface area contributed by atoms with Gasteiger partial charge in [-0.1, -0.05) is 11.8 Å². The smallest absolute Gasteiger partial charge is 0.245 e. The Kier molecular flexibility index (Phi) is 4.92. The van der Waals surface area contributed by atoms with Crippen LogP contribution in [0.1, 0.15) is 0 Å². The molecule has 0 aliphatic rings. The van der Waals surface area contributed by atoms with Gasteiger partial charge < -0.3 is 17.0 Å². The molecular weight excluding hydrogens is 216 g/mol. The Labute approximate surface area is 83.0 Å². The summed E-state index contributed by atoms with van der Waals surface area (Å²) >= 11 is 0. The van der Waals surface area contributed by atoms with Crippen molar-refractivity contribution in [3.63, 3.8) is 0 Å². The van der Waals surface area contributed by atoms with Crippen LogP contribution in [0.15, 0.2) is 18.7 Å². The molecule has 0 saturated carbocycles. The van der Waals surface area contributed by atoms with Gasteiger partial charge in [0, 0.05) is 0 Å². The maximum absolute atomic E-state index is 5.12. The minimum atomic E-state index is 0. The van der Waals surface area contributed by atoms with Gasteiger partial charge in [0.2, 0.25) is 6.33 Å². The summed E-state index contributed by atoms with van der Waals surface area (Å²) in [5, 5.41) is 0. The van der Waals surface area contributed by atoms with E-state index >= 15 is 0 Å². The van der Waals surface area contributed by atoms with Crippen LogP contribution in [0.3, 0.4) is 0 Å². The van der Waals surface area contributed by atoms with E-state index in [-0.39, 0.29) is 17.0 Å². The second kappa shape index (κ2) is 5.46. The van der Waals surface area contributed by atoms with Crippen molar-refractivity contribution in [3.05, 3.63) is 18.7 Å². The first kappa shape index (κ1) is 10.8. The second-order valence-corrected chi connectivity index (χ2v) is 2.17. The highest BCUT2D eigenvalue weighted by Crippen LogP contribution is 1.81. The Morgan fingerprint density at radius 1 is 1.33 bits per heavy atom. The summed E-state index contributed by atoms with van der Waals surface area (Å²) in [6.45, 7) is 1.19. The second-order valence-electron chi connectivity index (χ2n) is 2.17. The lowest BCUT2D eigenvalue weighted by Crippen LogP contribution is -3.00. The average molecular weight is 225 g/mol. The molecule has 62 valence electrons. The molecule has 0 aliphatic heterocycles. The molecule has 1 aromatic rings. The Morgan fingerprint density at radius 2 is 2.08 bits per heavy atom. The van der Waals surface area contributed by atoms with Gasteiger partial charge in [0.25, 0.3) is 0 Å². The molecule has 2 nitrogen and oxygen atoms in total. The van der Waals surface area contributed by atoms with Crippen LogP contribution in [0.25, 0.3) is 0 Å². The molecule has 0 N–H and O–H groups in total. The molecule has 0 saturated heterocycles. The van der Waals surface area contributed by atoms with Crippen molar-refractivity contribution >= 4 is 0 Å². The normalized spacial score (nSPS) is 7.83.